The number of carboxylic acids is 1. The summed E-state index contributed by atoms with van der Waals surface area (Å²) in [4.78, 5) is 36.4. The summed E-state index contributed by atoms with van der Waals surface area (Å²) in [5, 5.41) is 12.3. The van der Waals surface area contributed by atoms with Crippen molar-refractivity contribution in [3.63, 3.8) is 0 Å². The molecule has 0 saturated heterocycles. The lowest BCUT2D eigenvalue weighted by Crippen LogP contribution is -2.49. The molecular weight excluding hydrogens is 400 g/mol. The molecule has 28 heavy (non-hydrogen) atoms. The number of carbonyl (C=O) groups is 3. The third-order valence-corrected chi connectivity index (χ3v) is 5.41. The van der Waals surface area contributed by atoms with Crippen LogP contribution >= 0.6 is 23.4 Å². The van der Waals surface area contributed by atoms with Crippen LogP contribution in [0.1, 0.15) is 17.3 Å². The van der Waals surface area contributed by atoms with Gasteiger partial charge in [-0.1, -0.05) is 60.6 Å². The molecule has 148 valence electrons. The van der Waals surface area contributed by atoms with Crippen molar-refractivity contribution in [2.75, 3.05) is 24.4 Å². The van der Waals surface area contributed by atoms with Crippen LogP contribution < -0.4 is 5.01 Å². The number of benzene rings is 2. The van der Waals surface area contributed by atoms with Crippen LogP contribution in [0.2, 0.25) is 5.02 Å². The molecule has 0 radical (unpaired) electrons. The molecule has 2 aromatic rings. The van der Waals surface area contributed by atoms with Crippen LogP contribution in [0.4, 0.5) is 5.69 Å². The van der Waals surface area contributed by atoms with Crippen molar-refractivity contribution >= 4 is 46.0 Å². The fraction of sp³-hybridized carbons (Fsp3) is 0.250. The number of halogens is 1. The van der Waals surface area contributed by atoms with E-state index >= 15 is 0 Å². The van der Waals surface area contributed by atoms with Crippen molar-refractivity contribution in [3.05, 3.63) is 65.2 Å². The third kappa shape index (κ3) is 6.00. The Morgan fingerprint density at radius 1 is 1.07 bits per heavy atom. The number of hydrogen-bond donors (Lipinski definition) is 1. The molecule has 0 bridgehead atoms. The maximum atomic E-state index is 12.9. The molecule has 0 saturated carbocycles. The molecule has 0 aliphatic heterocycles. The number of amides is 1. The first kappa shape index (κ1) is 21.8. The molecule has 1 amide bonds. The number of aliphatic carboxylic acids is 1. The molecule has 0 heterocycles. The van der Waals surface area contributed by atoms with Gasteiger partial charge in [0, 0.05) is 29.3 Å². The van der Waals surface area contributed by atoms with E-state index in [1.807, 2.05) is 6.07 Å². The van der Waals surface area contributed by atoms with Crippen LogP contribution in [0.15, 0.2) is 54.6 Å². The van der Waals surface area contributed by atoms with Gasteiger partial charge in [0.2, 0.25) is 11.0 Å². The smallest absolute Gasteiger partial charge is 0.325 e. The highest BCUT2D eigenvalue weighted by Crippen LogP contribution is 2.21. The molecule has 8 heteroatoms. The Labute approximate surface area is 173 Å². The molecule has 0 aromatic heterocycles. The van der Waals surface area contributed by atoms with Crippen LogP contribution in [0.3, 0.4) is 0 Å². The van der Waals surface area contributed by atoms with Gasteiger partial charge in [-0.2, -0.15) is 0 Å². The first-order valence-corrected chi connectivity index (χ1v) is 9.90. The molecule has 1 N–H and O–H groups in total. The lowest BCUT2D eigenvalue weighted by molar-refractivity contribution is -0.146. The highest BCUT2D eigenvalue weighted by molar-refractivity contribution is 8.14. The number of anilines is 1. The fourth-order valence-electron chi connectivity index (χ4n) is 2.44. The zero-order chi connectivity index (χ0) is 20.7. The number of hydrazine groups is 1. The predicted octanol–water partition coefficient (Wildman–Crippen LogP) is 3.81. The van der Waals surface area contributed by atoms with E-state index in [2.05, 4.69) is 0 Å². The fourth-order valence-corrected chi connectivity index (χ4v) is 3.41. The zero-order valence-electron chi connectivity index (χ0n) is 15.5. The van der Waals surface area contributed by atoms with Crippen molar-refractivity contribution < 1.29 is 19.5 Å². The van der Waals surface area contributed by atoms with Gasteiger partial charge in [-0.25, -0.2) is 5.01 Å². The molecule has 0 fully saturated rings. The molecule has 2 aromatic carbocycles. The molecule has 2 rings (SSSR count). The van der Waals surface area contributed by atoms with Crippen molar-refractivity contribution in [3.8, 4) is 0 Å². The Balaban J connectivity index is 2.07. The average Bonchev–Trinajstić information content (AvgIpc) is 2.70. The first-order chi connectivity index (χ1) is 13.3. The van der Waals surface area contributed by atoms with Gasteiger partial charge in [0.25, 0.3) is 0 Å². The Kier molecular flexibility index (Phi) is 7.90. The van der Waals surface area contributed by atoms with Gasteiger partial charge < -0.3 is 5.11 Å². The van der Waals surface area contributed by atoms with Gasteiger partial charge in [-0.15, -0.1) is 0 Å². The first-order valence-electron chi connectivity index (χ1n) is 8.54. The number of thioether (sulfide) groups is 1. The highest BCUT2D eigenvalue weighted by Gasteiger charge is 2.27. The second-order valence-corrected chi connectivity index (χ2v) is 7.58. The van der Waals surface area contributed by atoms with E-state index in [0.717, 1.165) is 16.8 Å². The van der Waals surface area contributed by atoms with E-state index in [1.54, 1.807) is 62.5 Å². The minimum absolute atomic E-state index is 0.129. The zero-order valence-corrected chi connectivity index (χ0v) is 17.1. The summed E-state index contributed by atoms with van der Waals surface area (Å²) in [7, 11) is 1.61. The Hall–Kier alpha value is -2.51. The molecular formula is C20H21ClN2O4S. The normalized spacial score (nSPS) is 11.5. The second kappa shape index (κ2) is 10.1. The van der Waals surface area contributed by atoms with Crippen LogP contribution in [-0.4, -0.2) is 46.5 Å². The maximum Gasteiger partial charge on any atom is 0.325 e. The molecule has 0 aliphatic carbocycles. The average molecular weight is 421 g/mol. The summed E-state index contributed by atoms with van der Waals surface area (Å²) in [6.45, 7) is 1.19. The number of carboxylic acid groups (broad SMARTS) is 1. The SMILES string of the molecule is CC(CSC(=O)c1ccccc1)C(=O)N(CC(=O)O)N(C)c1ccc(Cl)cc1. The van der Waals surface area contributed by atoms with Gasteiger partial charge in [0.05, 0.1) is 5.69 Å². The van der Waals surface area contributed by atoms with Gasteiger partial charge in [-0.05, 0) is 24.3 Å². The Morgan fingerprint density at radius 3 is 2.25 bits per heavy atom. The molecule has 0 aliphatic rings. The standard InChI is InChI=1S/C20H21ClN2O4S/c1-14(13-28-20(27)15-6-4-3-5-7-15)19(26)23(12-18(24)25)22(2)17-10-8-16(21)9-11-17/h3-11,14H,12-13H2,1-2H3,(H,24,25). The number of hydrogen-bond acceptors (Lipinski definition) is 5. The summed E-state index contributed by atoms with van der Waals surface area (Å²) in [6, 6.07) is 15.5. The summed E-state index contributed by atoms with van der Waals surface area (Å²) in [6.07, 6.45) is 0. The number of rotatable bonds is 8. The lowest BCUT2D eigenvalue weighted by Gasteiger charge is -2.34. The highest BCUT2D eigenvalue weighted by atomic mass is 35.5. The number of nitrogens with zero attached hydrogens (tertiary/aromatic N) is 2. The van der Waals surface area contributed by atoms with Crippen molar-refractivity contribution in [1.82, 2.24) is 5.01 Å². The van der Waals surface area contributed by atoms with Crippen molar-refractivity contribution in [1.29, 1.82) is 0 Å². The monoisotopic (exact) mass is 420 g/mol. The lowest BCUT2D eigenvalue weighted by atomic mass is 10.2. The summed E-state index contributed by atoms with van der Waals surface area (Å²) < 4.78 is 0. The van der Waals surface area contributed by atoms with Crippen molar-refractivity contribution in [2.24, 2.45) is 5.92 Å². The van der Waals surface area contributed by atoms with Crippen LogP contribution in [-0.2, 0) is 9.59 Å². The van der Waals surface area contributed by atoms with Crippen LogP contribution in [0.5, 0.6) is 0 Å². The van der Waals surface area contributed by atoms with Crippen LogP contribution in [0, 0.1) is 5.92 Å². The van der Waals surface area contributed by atoms with Crippen molar-refractivity contribution in [2.45, 2.75) is 6.92 Å². The van der Waals surface area contributed by atoms with Gasteiger partial charge in [0.15, 0.2) is 0 Å². The predicted molar refractivity (Wildman–Crippen MR) is 112 cm³/mol. The van der Waals surface area contributed by atoms with E-state index in [-0.39, 0.29) is 16.8 Å². The van der Waals surface area contributed by atoms with E-state index in [9.17, 15) is 19.5 Å². The molecule has 6 nitrogen and oxygen atoms in total. The minimum atomic E-state index is -1.13. The van der Waals surface area contributed by atoms with Gasteiger partial charge in [0.1, 0.15) is 6.54 Å². The topological polar surface area (TPSA) is 77.9 Å². The Morgan fingerprint density at radius 2 is 1.68 bits per heavy atom. The van der Waals surface area contributed by atoms with E-state index in [0.29, 0.717) is 16.3 Å². The summed E-state index contributed by atoms with van der Waals surface area (Å²) in [5.41, 5.74) is 1.19. The summed E-state index contributed by atoms with van der Waals surface area (Å²) in [5.74, 6) is -1.81. The molecule has 1 unspecified atom stereocenters. The van der Waals surface area contributed by atoms with Crippen LogP contribution in [0.25, 0.3) is 0 Å². The molecule has 1 atom stereocenters. The quantitative estimate of drug-likeness (QED) is 0.654. The maximum absolute atomic E-state index is 12.9. The minimum Gasteiger partial charge on any atom is -0.480 e. The van der Waals surface area contributed by atoms with Gasteiger partial charge >= 0.3 is 5.97 Å². The largest absolute Gasteiger partial charge is 0.480 e. The third-order valence-electron chi connectivity index (χ3n) is 4.00. The summed E-state index contributed by atoms with van der Waals surface area (Å²) >= 11 is 6.93. The number of carbonyl (C=O) groups excluding carboxylic acids is 2. The Bertz CT molecular complexity index is 830. The van der Waals surface area contributed by atoms with Gasteiger partial charge in [-0.3, -0.25) is 19.4 Å². The van der Waals surface area contributed by atoms with E-state index in [4.69, 9.17) is 11.6 Å². The van der Waals surface area contributed by atoms with E-state index < -0.39 is 18.4 Å². The second-order valence-electron chi connectivity index (χ2n) is 6.16. The van der Waals surface area contributed by atoms with E-state index in [1.165, 1.54) is 5.01 Å². The molecule has 0 spiro atoms.